The fourth-order valence-electron chi connectivity index (χ4n) is 3.42. The molecule has 0 spiro atoms. The number of methoxy groups -OCH3 is 1. The molecule has 3 heterocycles. The van der Waals surface area contributed by atoms with E-state index in [4.69, 9.17) is 4.74 Å². The maximum absolute atomic E-state index is 12.2. The Morgan fingerprint density at radius 3 is 2.76 bits per heavy atom. The average molecular weight is 342 g/mol. The lowest BCUT2D eigenvalue weighted by molar-refractivity contribution is 0.236. The van der Waals surface area contributed by atoms with Crippen molar-refractivity contribution in [3.8, 4) is 5.75 Å². The van der Waals surface area contributed by atoms with Gasteiger partial charge in [0.15, 0.2) is 0 Å². The van der Waals surface area contributed by atoms with Gasteiger partial charge in [0.2, 0.25) is 0 Å². The fourth-order valence-corrected chi connectivity index (χ4v) is 3.42. The molecule has 1 aliphatic rings. The summed E-state index contributed by atoms with van der Waals surface area (Å²) in [5, 5.41) is 4.55. The van der Waals surface area contributed by atoms with Crippen molar-refractivity contribution in [3.05, 3.63) is 50.7 Å². The lowest BCUT2D eigenvalue weighted by Crippen LogP contribution is -2.35. The number of aryl methyl sites for hydroxylation is 1. The highest BCUT2D eigenvalue weighted by Gasteiger charge is 2.21. The number of aromatic nitrogens is 3. The number of rotatable bonds is 4. The quantitative estimate of drug-likeness (QED) is 0.854. The topological polar surface area (TPSA) is 60.2 Å². The molecule has 6 nitrogen and oxygen atoms in total. The lowest BCUT2D eigenvalue weighted by atomic mass is 10.0. The van der Waals surface area contributed by atoms with Crippen LogP contribution >= 0.6 is 0 Å². The number of hydrogen-bond donors (Lipinski definition) is 0. The van der Waals surface area contributed by atoms with Crippen molar-refractivity contribution in [1.29, 1.82) is 0 Å². The fraction of sp³-hybridized carbons (Fsp3) is 0.526. The van der Waals surface area contributed by atoms with Crippen molar-refractivity contribution in [2.24, 2.45) is 0 Å². The van der Waals surface area contributed by atoms with Crippen LogP contribution in [-0.2, 0) is 19.5 Å². The van der Waals surface area contributed by atoms with E-state index >= 15 is 0 Å². The number of hydrogen-bond acceptors (Lipinski definition) is 5. The number of fused-ring (bicyclic) bond motifs is 1. The van der Waals surface area contributed by atoms with Crippen LogP contribution in [0.15, 0.2) is 17.1 Å². The molecule has 0 unspecified atom stereocenters. The predicted octanol–water partition coefficient (Wildman–Crippen LogP) is 2.40. The Morgan fingerprint density at radius 2 is 2.08 bits per heavy atom. The van der Waals surface area contributed by atoms with Gasteiger partial charge in [-0.2, -0.15) is 5.10 Å². The standard InChI is InChI=1S/C19H26N4O2/c1-12(2)23-18(24)8-15-10-22(7-6-16(15)21-23)11-17-14(4)19(25-5)13(3)9-20-17/h8-9,12H,6-7,10-11H2,1-5H3. The van der Waals surface area contributed by atoms with E-state index in [-0.39, 0.29) is 11.6 Å². The van der Waals surface area contributed by atoms with Gasteiger partial charge in [0.05, 0.1) is 24.5 Å². The molecule has 0 N–H and O–H groups in total. The van der Waals surface area contributed by atoms with Crippen LogP contribution in [0.5, 0.6) is 5.75 Å². The molecule has 0 saturated carbocycles. The summed E-state index contributed by atoms with van der Waals surface area (Å²) in [5.41, 5.74) is 5.20. The van der Waals surface area contributed by atoms with Gasteiger partial charge >= 0.3 is 0 Å². The first kappa shape index (κ1) is 17.6. The summed E-state index contributed by atoms with van der Waals surface area (Å²) < 4.78 is 7.07. The Bertz CT molecular complexity index is 842. The monoisotopic (exact) mass is 342 g/mol. The summed E-state index contributed by atoms with van der Waals surface area (Å²) in [7, 11) is 1.70. The Labute approximate surface area is 148 Å². The molecule has 25 heavy (non-hydrogen) atoms. The minimum atomic E-state index is -0.0260. The minimum Gasteiger partial charge on any atom is -0.496 e. The third-order valence-corrected chi connectivity index (χ3v) is 4.79. The number of ether oxygens (including phenoxy) is 1. The summed E-state index contributed by atoms with van der Waals surface area (Å²) >= 11 is 0. The Morgan fingerprint density at radius 1 is 1.32 bits per heavy atom. The Hall–Kier alpha value is -2.21. The molecule has 0 fully saturated rings. The highest BCUT2D eigenvalue weighted by molar-refractivity contribution is 5.41. The van der Waals surface area contributed by atoms with Gasteiger partial charge in [-0.1, -0.05) is 0 Å². The second kappa shape index (κ2) is 6.96. The largest absolute Gasteiger partial charge is 0.496 e. The molecule has 0 amide bonds. The zero-order valence-corrected chi connectivity index (χ0v) is 15.7. The smallest absolute Gasteiger partial charge is 0.267 e. The van der Waals surface area contributed by atoms with Crippen molar-refractivity contribution >= 4 is 0 Å². The zero-order chi connectivity index (χ0) is 18.1. The molecule has 1 aliphatic heterocycles. The second-order valence-electron chi connectivity index (χ2n) is 7.00. The molecule has 2 aromatic rings. The Kier molecular flexibility index (Phi) is 4.90. The van der Waals surface area contributed by atoms with Crippen LogP contribution in [0.1, 0.15) is 48.0 Å². The van der Waals surface area contributed by atoms with Crippen LogP contribution < -0.4 is 10.3 Å². The van der Waals surface area contributed by atoms with Crippen molar-refractivity contribution < 1.29 is 4.74 Å². The molecule has 0 atom stereocenters. The molecule has 0 aliphatic carbocycles. The molecule has 0 aromatic carbocycles. The highest BCUT2D eigenvalue weighted by atomic mass is 16.5. The molecular weight excluding hydrogens is 316 g/mol. The van der Waals surface area contributed by atoms with Crippen molar-refractivity contribution in [2.75, 3.05) is 13.7 Å². The van der Waals surface area contributed by atoms with E-state index in [2.05, 4.69) is 21.9 Å². The summed E-state index contributed by atoms with van der Waals surface area (Å²) in [6.45, 7) is 10.4. The van der Waals surface area contributed by atoms with Crippen LogP contribution in [0.4, 0.5) is 0 Å². The van der Waals surface area contributed by atoms with Crippen LogP contribution in [0.25, 0.3) is 0 Å². The zero-order valence-electron chi connectivity index (χ0n) is 15.7. The molecule has 3 rings (SSSR count). The van der Waals surface area contributed by atoms with E-state index in [0.717, 1.165) is 59.9 Å². The maximum atomic E-state index is 12.2. The van der Waals surface area contributed by atoms with E-state index < -0.39 is 0 Å². The van der Waals surface area contributed by atoms with E-state index in [0.29, 0.717) is 0 Å². The molecule has 134 valence electrons. The van der Waals surface area contributed by atoms with Crippen LogP contribution in [0.3, 0.4) is 0 Å². The maximum Gasteiger partial charge on any atom is 0.267 e. The second-order valence-corrected chi connectivity index (χ2v) is 7.00. The normalized spacial score (nSPS) is 14.6. The van der Waals surface area contributed by atoms with Crippen LogP contribution in [0, 0.1) is 13.8 Å². The van der Waals surface area contributed by atoms with Gasteiger partial charge in [0.1, 0.15) is 5.75 Å². The molecule has 0 saturated heterocycles. The molecule has 0 radical (unpaired) electrons. The summed E-state index contributed by atoms with van der Waals surface area (Å²) in [4.78, 5) is 19.1. The van der Waals surface area contributed by atoms with E-state index in [1.54, 1.807) is 17.9 Å². The van der Waals surface area contributed by atoms with Crippen LogP contribution in [0.2, 0.25) is 0 Å². The van der Waals surface area contributed by atoms with Gasteiger partial charge in [0, 0.05) is 49.4 Å². The van der Waals surface area contributed by atoms with E-state index in [1.807, 2.05) is 27.0 Å². The highest BCUT2D eigenvalue weighted by Crippen LogP contribution is 2.26. The lowest BCUT2D eigenvalue weighted by Gasteiger charge is -2.29. The van der Waals surface area contributed by atoms with Gasteiger partial charge in [-0.15, -0.1) is 0 Å². The third-order valence-electron chi connectivity index (χ3n) is 4.79. The first-order valence-electron chi connectivity index (χ1n) is 8.73. The summed E-state index contributed by atoms with van der Waals surface area (Å²) in [6.07, 6.45) is 2.71. The van der Waals surface area contributed by atoms with Crippen molar-refractivity contribution in [3.63, 3.8) is 0 Å². The number of pyridine rings is 1. The Balaban J connectivity index is 1.82. The van der Waals surface area contributed by atoms with E-state index in [9.17, 15) is 4.79 Å². The molecular formula is C19H26N4O2. The summed E-state index contributed by atoms with van der Waals surface area (Å²) in [5.74, 6) is 0.906. The van der Waals surface area contributed by atoms with Gasteiger partial charge < -0.3 is 4.74 Å². The average Bonchev–Trinajstić information content (AvgIpc) is 2.57. The molecule has 6 heteroatoms. The van der Waals surface area contributed by atoms with Gasteiger partial charge in [0.25, 0.3) is 5.56 Å². The van der Waals surface area contributed by atoms with Crippen molar-refractivity contribution in [2.45, 2.75) is 53.2 Å². The van der Waals surface area contributed by atoms with Gasteiger partial charge in [-0.3, -0.25) is 14.7 Å². The first-order valence-corrected chi connectivity index (χ1v) is 8.73. The van der Waals surface area contributed by atoms with Crippen LogP contribution in [-0.4, -0.2) is 33.3 Å². The third kappa shape index (κ3) is 3.44. The van der Waals surface area contributed by atoms with Gasteiger partial charge in [-0.05, 0) is 33.3 Å². The van der Waals surface area contributed by atoms with E-state index in [1.165, 1.54) is 0 Å². The summed E-state index contributed by atoms with van der Waals surface area (Å²) in [6, 6.07) is 1.83. The molecule has 0 bridgehead atoms. The SMILES string of the molecule is COc1c(C)cnc(CN2CCc3nn(C(C)C)c(=O)cc3C2)c1C. The number of nitrogens with zero attached hydrogens (tertiary/aromatic N) is 4. The minimum absolute atomic E-state index is 0.0260. The molecule has 2 aromatic heterocycles. The first-order chi connectivity index (χ1) is 11.9. The van der Waals surface area contributed by atoms with Gasteiger partial charge in [-0.25, -0.2) is 4.68 Å². The predicted molar refractivity (Wildman–Crippen MR) is 97.0 cm³/mol. The van der Waals surface area contributed by atoms with Crippen molar-refractivity contribution in [1.82, 2.24) is 19.7 Å².